The SMILES string of the molecule is CCCCn1c(SCC(=O)Nc2nnc(-c3ccccc3)o2)nnc1-c1ccc(OC)cc1. The second kappa shape index (κ2) is 10.8. The fourth-order valence-corrected chi connectivity index (χ4v) is 3.89. The highest BCUT2D eigenvalue weighted by atomic mass is 32.2. The number of anilines is 1. The Balaban J connectivity index is 1.42. The summed E-state index contributed by atoms with van der Waals surface area (Å²) in [4.78, 5) is 12.5. The van der Waals surface area contributed by atoms with E-state index in [0.29, 0.717) is 11.0 Å². The van der Waals surface area contributed by atoms with Gasteiger partial charge in [0.1, 0.15) is 5.75 Å². The molecule has 2 aromatic heterocycles. The van der Waals surface area contributed by atoms with Gasteiger partial charge >= 0.3 is 6.01 Å². The first-order chi connectivity index (χ1) is 16.2. The Hall–Kier alpha value is -3.66. The largest absolute Gasteiger partial charge is 0.497 e. The number of aromatic nitrogens is 5. The molecule has 0 atom stereocenters. The summed E-state index contributed by atoms with van der Waals surface area (Å²) in [6, 6.07) is 17.1. The summed E-state index contributed by atoms with van der Waals surface area (Å²) in [6.45, 7) is 2.89. The Bertz CT molecular complexity index is 1190. The minimum absolute atomic E-state index is 0.0609. The summed E-state index contributed by atoms with van der Waals surface area (Å²) in [5.41, 5.74) is 1.73. The third-order valence-corrected chi connectivity index (χ3v) is 5.79. The minimum atomic E-state index is -0.265. The monoisotopic (exact) mass is 464 g/mol. The van der Waals surface area contributed by atoms with Gasteiger partial charge < -0.3 is 13.7 Å². The van der Waals surface area contributed by atoms with Crippen LogP contribution in [0.25, 0.3) is 22.8 Å². The molecule has 1 amide bonds. The van der Waals surface area contributed by atoms with Crippen LogP contribution in [0.4, 0.5) is 6.01 Å². The van der Waals surface area contributed by atoms with Crippen molar-refractivity contribution in [2.24, 2.45) is 0 Å². The number of nitrogens with one attached hydrogen (secondary N) is 1. The molecule has 2 aromatic carbocycles. The molecule has 170 valence electrons. The quantitative estimate of drug-likeness (QED) is 0.341. The van der Waals surface area contributed by atoms with Crippen LogP contribution in [0.15, 0.2) is 64.2 Å². The number of ether oxygens (including phenoxy) is 1. The second-order valence-electron chi connectivity index (χ2n) is 7.16. The number of carbonyl (C=O) groups is 1. The molecule has 0 fully saturated rings. The molecule has 0 aliphatic rings. The van der Waals surface area contributed by atoms with Crippen molar-refractivity contribution in [2.75, 3.05) is 18.2 Å². The van der Waals surface area contributed by atoms with E-state index in [1.54, 1.807) is 7.11 Å². The maximum atomic E-state index is 12.5. The summed E-state index contributed by atoms with van der Waals surface area (Å²) in [6.07, 6.45) is 2.01. The topological polar surface area (TPSA) is 108 Å². The molecule has 0 saturated carbocycles. The lowest BCUT2D eigenvalue weighted by molar-refractivity contribution is -0.113. The number of benzene rings is 2. The van der Waals surface area contributed by atoms with Crippen molar-refractivity contribution in [1.29, 1.82) is 0 Å². The molecule has 1 N–H and O–H groups in total. The van der Waals surface area contributed by atoms with E-state index >= 15 is 0 Å². The zero-order chi connectivity index (χ0) is 23.0. The molecule has 4 aromatic rings. The van der Waals surface area contributed by atoms with E-state index in [4.69, 9.17) is 9.15 Å². The number of unbranched alkanes of at least 4 members (excludes halogenated alkanes) is 1. The fourth-order valence-electron chi connectivity index (χ4n) is 3.12. The number of methoxy groups -OCH3 is 1. The number of hydrogen-bond donors (Lipinski definition) is 1. The van der Waals surface area contributed by atoms with Gasteiger partial charge in [0.2, 0.25) is 11.8 Å². The molecule has 0 unspecified atom stereocenters. The summed E-state index contributed by atoms with van der Waals surface area (Å²) < 4.78 is 12.8. The van der Waals surface area contributed by atoms with Crippen molar-refractivity contribution in [3.05, 3.63) is 54.6 Å². The van der Waals surface area contributed by atoms with Gasteiger partial charge in [-0.25, -0.2) is 0 Å². The molecule has 0 aliphatic heterocycles. The number of rotatable bonds is 10. The normalized spacial score (nSPS) is 10.8. The Morgan fingerprint density at radius 1 is 1.03 bits per heavy atom. The van der Waals surface area contributed by atoms with Crippen LogP contribution in [-0.2, 0) is 11.3 Å². The average molecular weight is 465 g/mol. The van der Waals surface area contributed by atoms with E-state index in [-0.39, 0.29) is 17.7 Å². The van der Waals surface area contributed by atoms with Crippen LogP contribution in [0, 0.1) is 0 Å². The van der Waals surface area contributed by atoms with Crippen LogP contribution in [-0.4, -0.2) is 43.7 Å². The van der Waals surface area contributed by atoms with Gasteiger partial charge in [0.25, 0.3) is 0 Å². The highest BCUT2D eigenvalue weighted by Gasteiger charge is 2.17. The van der Waals surface area contributed by atoms with Crippen LogP contribution < -0.4 is 10.1 Å². The first-order valence-corrected chi connectivity index (χ1v) is 11.6. The summed E-state index contributed by atoms with van der Waals surface area (Å²) in [5, 5.41) is 19.9. The van der Waals surface area contributed by atoms with E-state index in [1.165, 1.54) is 11.8 Å². The van der Waals surface area contributed by atoms with Gasteiger partial charge in [-0.2, -0.15) is 0 Å². The van der Waals surface area contributed by atoms with Crippen molar-refractivity contribution in [1.82, 2.24) is 25.0 Å². The predicted molar refractivity (Wildman–Crippen MR) is 126 cm³/mol. The lowest BCUT2D eigenvalue weighted by Gasteiger charge is -2.10. The Labute approximate surface area is 195 Å². The van der Waals surface area contributed by atoms with E-state index in [0.717, 1.165) is 42.1 Å². The number of hydrogen-bond acceptors (Lipinski definition) is 8. The molecule has 4 rings (SSSR count). The highest BCUT2D eigenvalue weighted by Crippen LogP contribution is 2.26. The number of thioether (sulfide) groups is 1. The van der Waals surface area contributed by atoms with Crippen molar-refractivity contribution in [2.45, 2.75) is 31.5 Å². The zero-order valence-electron chi connectivity index (χ0n) is 18.4. The van der Waals surface area contributed by atoms with E-state index in [1.807, 2.05) is 59.2 Å². The first-order valence-electron chi connectivity index (χ1n) is 10.6. The standard InChI is InChI=1S/C23H24N6O3S/c1-3-4-14-29-20(16-10-12-18(31-2)13-11-16)25-28-23(29)33-15-19(30)24-22-27-26-21(32-22)17-8-6-5-7-9-17/h5-13H,3-4,14-15H2,1-2H3,(H,24,27,30). The molecule has 33 heavy (non-hydrogen) atoms. The zero-order valence-corrected chi connectivity index (χ0v) is 19.2. The van der Waals surface area contributed by atoms with Gasteiger partial charge in [-0.05, 0) is 42.8 Å². The van der Waals surface area contributed by atoms with Crippen LogP contribution in [0.5, 0.6) is 5.75 Å². The van der Waals surface area contributed by atoms with Gasteiger partial charge in [0.15, 0.2) is 11.0 Å². The summed E-state index contributed by atoms with van der Waals surface area (Å²) in [5.74, 6) is 1.76. The molecular formula is C23H24N6O3S. The molecule has 0 saturated heterocycles. The number of carbonyl (C=O) groups excluding carboxylic acids is 1. The third kappa shape index (κ3) is 5.58. The molecule has 0 radical (unpaired) electrons. The summed E-state index contributed by atoms with van der Waals surface area (Å²) >= 11 is 1.31. The van der Waals surface area contributed by atoms with E-state index < -0.39 is 0 Å². The van der Waals surface area contributed by atoms with Crippen molar-refractivity contribution in [3.63, 3.8) is 0 Å². The Kier molecular flexibility index (Phi) is 7.36. The van der Waals surface area contributed by atoms with Gasteiger partial charge in [0, 0.05) is 17.7 Å². The Morgan fingerprint density at radius 2 is 1.82 bits per heavy atom. The van der Waals surface area contributed by atoms with Gasteiger partial charge in [-0.15, -0.1) is 15.3 Å². The van der Waals surface area contributed by atoms with Crippen LogP contribution >= 0.6 is 11.8 Å². The minimum Gasteiger partial charge on any atom is -0.497 e. The van der Waals surface area contributed by atoms with Gasteiger partial charge in [-0.1, -0.05) is 48.4 Å². The molecule has 10 heteroatoms. The third-order valence-electron chi connectivity index (χ3n) is 4.82. The van der Waals surface area contributed by atoms with Crippen LogP contribution in [0.3, 0.4) is 0 Å². The molecule has 0 aliphatic carbocycles. The van der Waals surface area contributed by atoms with Crippen molar-refractivity contribution < 1.29 is 13.9 Å². The van der Waals surface area contributed by atoms with Crippen molar-refractivity contribution >= 4 is 23.7 Å². The summed E-state index contributed by atoms with van der Waals surface area (Å²) in [7, 11) is 1.63. The van der Waals surface area contributed by atoms with E-state index in [9.17, 15) is 4.79 Å². The average Bonchev–Trinajstić information content (AvgIpc) is 3.49. The highest BCUT2D eigenvalue weighted by molar-refractivity contribution is 7.99. The Morgan fingerprint density at radius 3 is 2.55 bits per heavy atom. The lowest BCUT2D eigenvalue weighted by Crippen LogP contribution is -2.15. The van der Waals surface area contributed by atoms with Gasteiger partial charge in [0.05, 0.1) is 12.9 Å². The first kappa shape index (κ1) is 22.5. The van der Waals surface area contributed by atoms with Crippen LogP contribution in [0.1, 0.15) is 19.8 Å². The van der Waals surface area contributed by atoms with Gasteiger partial charge in [-0.3, -0.25) is 10.1 Å². The molecule has 9 nitrogen and oxygen atoms in total. The second-order valence-corrected chi connectivity index (χ2v) is 8.10. The molecule has 0 bridgehead atoms. The smallest absolute Gasteiger partial charge is 0.322 e. The van der Waals surface area contributed by atoms with Crippen molar-refractivity contribution in [3.8, 4) is 28.6 Å². The molecule has 2 heterocycles. The number of nitrogens with zero attached hydrogens (tertiary/aromatic N) is 5. The predicted octanol–water partition coefficient (Wildman–Crippen LogP) is 4.53. The fraction of sp³-hybridized carbons (Fsp3) is 0.261. The number of amides is 1. The lowest BCUT2D eigenvalue weighted by atomic mass is 10.2. The maximum Gasteiger partial charge on any atom is 0.322 e. The van der Waals surface area contributed by atoms with Crippen LogP contribution in [0.2, 0.25) is 0 Å². The molecule has 0 spiro atoms. The molecular weight excluding hydrogens is 440 g/mol. The maximum absolute atomic E-state index is 12.5. The van der Waals surface area contributed by atoms with E-state index in [2.05, 4.69) is 32.6 Å².